The molecule has 0 saturated heterocycles. The molecule has 0 spiro atoms. The summed E-state index contributed by atoms with van der Waals surface area (Å²) in [5.74, 6) is 0. The summed E-state index contributed by atoms with van der Waals surface area (Å²) >= 11 is 0. The van der Waals surface area contributed by atoms with Gasteiger partial charge in [0.1, 0.15) is 0 Å². The first-order valence-corrected chi connectivity index (χ1v) is 1.95. The Labute approximate surface area is 45.8 Å². The highest BCUT2D eigenvalue weighted by molar-refractivity contribution is 5.70. The average Bonchev–Trinajstić information content (AvgIpc) is 1.61. The predicted molar refractivity (Wildman–Crippen MR) is 36.0 cm³/mol. The van der Waals surface area contributed by atoms with Crippen molar-refractivity contribution < 1.29 is 0 Å². The van der Waals surface area contributed by atoms with Gasteiger partial charge in [-0.3, -0.25) is 4.99 Å². The van der Waals surface area contributed by atoms with Gasteiger partial charge in [-0.05, 0) is 13.0 Å². The quantitative estimate of drug-likeness (QED) is 0.445. The second kappa shape index (κ2) is 9.05. The Morgan fingerprint density at radius 2 is 2.00 bits per heavy atom. The molecule has 0 aliphatic rings. The van der Waals surface area contributed by atoms with Crippen molar-refractivity contribution in [2.24, 2.45) is 4.99 Å². The molecule has 0 N–H and O–H groups in total. The lowest BCUT2D eigenvalue weighted by Gasteiger charge is -1.63. The summed E-state index contributed by atoms with van der Waals surface area (Å²) in [6.07, 6.45) is 5.58. The zero-order chi connectivity index (χ0) is 4.83. The third kappa shape index (κ3) is 10.8. The fourth-order valence-electron chi connectivity index (χ4n) is 0.172. The average molecular weight is 99.2 g/mol. The summed E-state index contributed by atoms with van der Waals surface area (Å²) in [6, 6.07) is 0. The smallest absolute Gasteiger partial charge is 0.0277 e. The minimum absolute atomic E-state index is 0. The Morgan fingerprint density at radius 1 is 1.43 bits per heavy atom. The van der Waals surface area contributed by atoms with Crippen molar-refractivity contribution in [3.05, 3.63) is 12.2 Å². The van der Waals surface area contributed by atoms with Crippen LogP contribution >= 0.6 is 0 Å². The summed E-state index contributed by atoms with van der Waals surface area (Å²) in [7, 11) is 1.75. The number of nitrogens with zero attached hydrogens (tertiary/aromatic N) is 1. The number of allylic oxidation sites excluding steroid dienone is 2. The van der Waals surface area contributed by atoms with Gasteiger partial charge in [0.25, 0.3) is 0 Å². The normalized spacial score (nSPS) is 10.0. The number of hydrogen-bond donors (Lipinski definition) is 0. The molecule has 0 rings (SSSR count). The molecule has 0 aliphatic heterocycles. The standard InChI is InChI=1S/C5H9N.CH4/c1-3-4-5-6-2;/h3-5H,1-2H3;1H4/b4-3-,6-5?;. The lowest BCUT2D eigenvalue weighted by atomic mass is 10.6. The van der Waals surface area contributed by atoms with Gasteiger partial charge in [-0.25, -0.2) is 0 Å². The SMILES string of the molecule is C.C/C=C\C=NC. The minimum atomic E-state index is 0. The molecule has 0 aromatic heterocycles. The van der Waals surface area contributed by atoms with Gasteiger partial charge >= 0.3 is 0 Å². The van der Waals surface area contributed by atoms with Crippen LogP contribution in [0, 0.1) is 0 Å². The van der Waals surface area contributed by atoms with Crippen LogP contribution in [-0.4, -0.2) is 13.3 Å². The monoisotopic (exact) mass is 99.1 g/mol. The topological polar surface area (TPSA) is 12.4 Å². The van der Waals surface area contributed by atoms with Crippen molar-refractivity contribution in [2.45, 2.75) is 14.4 Å². The summed E-state index contributed by atoms with van der Waals surface area (Å²) in [4.78, 5) is 3.71. The molecular formula is C6H13N. The van der Waals surface area contributed by atoms with Gasteiger partial charge < -0.3 is 0 Å². The van der Waals surface area contributed by atoms with Crippen molar-refractivity contribution >= 4 is 6.21 Å². The molecule has 0 bridgehead atoms. The van der Waals surface area contributed by atoms with Crippen molar-refractivity contribution in [1.82, 2.24) is 0 Å². The Kier molecular flexibility index (Phi) is 12.5. The van der Waals surface area contributed by atoms with E-state index in [2.05, 4.69) is 4.99 Å². The van der Waals surface area contributed by atoms with Crippen molar-refractivity contribution in [3.63, 3.8) is 0 Å². The van der Waals surface area contributed by atoms with Crippen LogP contribution in [0.5, 0.6) is 0 Å². The molecule has 42 valence electrons. The van der Waals surface area contributed by atoms with E-state index >= 15 is 0 Å². The molecule has 0 amide bonds. The van der Waals surface area contributed by atoms with Crippen LogP contribution in [0.1, 0.15) is 14.4 Å². The van der Waals surface area contributed by atoms with Gasteiger partial charge in [0.15, 0.2) is 0 Å². The number of hydrogen-bond acceptors (Lipinski definition) is 1. The van der Waals surface area contributed by atoms with Crippen LogP contribution in [0.15, 0.2) is 17.1 Å². The fourth-order valence-corrected chi connectivity index (χ4v) is 0.172. The number of rotatable bonds is 1. The lowest BCUT2D eigenvalue weighted by molar-refractivity contribution is 1.47. The van der Waals surface area contributed by atoms with Gasteiger partial charge in [-0.15, -0.1) is 0 Å². The van der Waals surface area contributed by atoms with Crippen LogP contribution in [0.25, 0.3) is 0 Å². The van der Waals surface area contributed by atoms with Crippen LogP contribution in [0.4, 0.5) is 0 Å². The van der Waals surface area contributed by atoms with E-state index in [0.717, 1.165) is 0 Å². The molecule has 0 fully saturated rings. The minimum Gasteiger partial charge on any atom is -0.297 e. The first-order valence-electron chi connectivity index (χ1n) is 1.95. The molecule has 0 radical (unpaired) electrons. The maximum Gasteiger partial charge on any atom is 0.0277 e. The van der Waals surface area contributed by atoms with Gasteiger partial charge in [0.05, 0.1) is 0 Å². The third-order valence-corrected chi connectivity index (χ3v) is 0.428. The zero-order valence-corrected chi connectivity index (χ0v) is 4.18. The maximum atomic E-state index is 3.71. The predicted octanol–water partition coefficient (Wildman–Crippen LogP) is 1.90. The molecule has 7 heavy (non-hydrogen) atoms. The van der Waals surface area contributed by atoms with Gasteiger partial charge in [0.2, 0.25) is 0 Å². The molecule has 1 nitrogen and oxygen atoms in total. The van der Waals surface area contributed by atoms with Crippen LogP contribution in [-0.2, 0) is 0 Å². The second-order valence-corrected chi connectivity index (χ2v) is 0.933. The highest BCUT2D eigenvalue weighted by Gasteiger charge is 1.49. The summed E-state index contributed by atoms with van der Waals surface area (Å²) < 4.78 is 0. The second-order valence-electron chi connectivity index (χ2n) is 0.933. The molecule has 0 unspecified atom stereocenters. The largest absolute Gasteiger partial charge is 0.297 e. The van der Waals surface area contributed by atoms with Crippen molar-refractivity contribution in [2.75, 3.05) is 7.05 Å². The lowest BCUT2D eigenvalue weighted by Crippen LogP contribution is -1.56. The highest BCUT2D eigenvalue weighted by Crippen LogP contribution is 1.60. The van der Waals surface area contributed by atoms with Crippen LogP contribution in [0.2, 0.25) is 0 Å². The van der Waals surface area contributed by atoms with E-state index in [1.54, 1.807) is 13.3 Å². The zero-order valence-electron chi connectivity index (χ0n) is 4.18. The molecule has 0 heterocycles. The highest BCUT2D eigenvalue weighted by atomic mass is 14.6. The Hall–Kier alpha value is -0.590. The molecule has 0 aliphatic carbocycles. The Balaban J connectivity index is 0. The van der Waals surface area contributed by atoms with E-state index in [1.807, 2.05) is 19.1 Å². The summed E-state index contributed by atoms with van der Waals surface area (Å²) in [5, 5.41) is 0. The third-order valence-electron chi connectivity index (χ3n) is 0.428. The Bertz CT molecular complexity index is 52.6. The van der Waals surface area contributed by atoms with Crippen molar-refractivity contribution in [3.8, 4) is 0 Å². The van der Waals surface area contributed by atoms with E-state index in [9.17, 15) is 0 Å². The summed E-state index contributed by atoms with van der Waals surface area (Å²) in [6.45, 7) is 1.96. The van der Waals surface area contributed by atoms with Crippen LogP contribution < -0.4 is 0 Å². The molecule has 0 aromatic rings. The fraction of sp³-hybridized carbons (Fsp3) is 0.500. The van der Waals surface area contributed by atoms with Crippen LogP contribution in [0.3, 0.4) is 0 Å². The summed E-state index contributed by atoms with van der Waals surface area (Å²) in [5.41, 5.74) is 0. The maximum absolute atomic E-state index is 3.71. The van der Waals surface area contributed by atoms with E-state index in [1.165, 1.54) is 0 Å². The van der Waals surface area contributed by atoms with Gasteiger partial charge in [-0.1, -0.05) is 13.5 Å². The molecule has 0 atom stereocenters. The van der Waals surface area contributed by atoms with E-state index in [-0.39, 0.29) is 7.43 Å². The molecule has 0 saturated carbocycles. The first kappa shape index (κ1) is 9.65. The molecule has 0 aromatic carbocycles. The van der Waals surface area contributed by atoms with Gasteiger partial charge in [0, 0.05) is 13.3 Å². The molecular weight excluding hydrogens is 86.1 g/mol. The van der Waals surface area contributed by atoms with Crippen molar-refractivity contribution in [1.29, 1.82) is 0 Å². The Morgan fingerprint density at radius 3 is 2.14 bits per heavy atom. The first-order chi connectivity index (χ1) is 2.91. The van der Waals surface area contributed by atoms with E-state index in [0.29, 0.717) is 0 Å². The van der Waals surface area contributed by atoms with E-state index in [4.69, 9.17) is 0 Å². The number of aliphatic imine (C=N–C) groups is 1. The molecule has 1 heteroatoms. The van der Waals surface area contributed by atoms with Gasteiger partial charge in [-0.2, -0.15) is 0 Å². The van der Waals surface area contributed by atoms with E-state index < -0.39 is 0 Å².